The van der Waals surface area contributed by atoms with E-state index in [1.165, 1.54) is 128 Å². The molecule has 418 valence electrons. The average molecular weight is 1100 g/mol. The van der Waals surface area contributed by atoms with Gasteiger partial charge in [0.2, 0.25) is 6.71 Å². The molecule has 11 aromatic carbocycles. The van der Waals surface area contributed by atoms with E-state index in [0.717, 1.165) is 5.69 Å². The van der Waals surface area contributed by atoms with Gasteiger partial charge in [-0.25, -0.2) is 0 Å². The second-order valence-corrected chi connectivity index (χ2v) is 28.2. The van der Waals surface area contributed by atoms with E-state index in [0.29, 0.717) is 0 Å². The highest BCUT2D eigenvalue weighted by atomic mass is 15.2. The van der Waals surface area contributed by atoms with Gasteiger partial charge in [0.1, 0.15) is 0 Å². The van der Waals surface area contributed by atoms with E-state index < -0.39 is 5.41 Å². The molecule has 85 heavy (non-hydrogen) atoms. The minimum Gasteiger partial charge on any atom is -0.310 e. The zero-order valence-electron chi connectivity index (χ0n) is 51.8. The van der Waals surface area contributed by atoms with Crippen LogP contribution in [0, 0.1) is 0 Å². The van der Waals surface area contributed by atoms with Crippen LogP contribution >= 0.6 is 0 Å². The van der Waals surface area contributed by atoms with Gasteiger partial charge in [0.15, 0.2) is 0 Å². The van der Waals surface area contributed by atoms with Crippen molar-refractivity contribution in [3.05, 3.63) is 299 Å². The fourth-order valence-corrected chi connectivity index (χ4v) is 13.7. The number of para-hydroxylation sites is 1. The van der Waals surface area contributed by atoms with Gasteiger partial charge in [-0.1, -0.05) is 325 Å². The first-order valence-electron chi connectivity index (χ1n) is 30.7. The smallest absolute Gasteiger partial charge is 0.247 e. The van der Waals surface area contributed by atoms with Crippen molar-refractivity contribution in [2.24, 2.45) is 0 Å². The number of hydrogen-bond donors (Lipinski definition) is 0. The molecule has 2 aliphatic heterocycles. The van der Waals surface area contributed by atoms with Gasteiger partial charge < -0.3 is 4.90 Å². The first-order chi connectivity index (χ1) is 40.7. The monoisotopic (exact) mass is 1100 g/mol. The number of rotatable bonds is 8. The third kappa shape index (κ3) is 9.78. The predicted octanol–water partition coefficient (Wildman–Crippen LogP) is 20.2. The molecular formula is C83H78BN. The van der Waals surface area contributed by atoms with Crippen LogP contribution in [-0.4, -0.2) is 6.71 Å². The molecular weight excluding hydrogens is 1020 g/mol. The predicted molar refractivity (Wildman–Crippen MR) is 366 cm³/mol. The van der Waals surface area contributed by atoms with Gasteiger partial charge in [0.25, 0.3) is 0 Å². The van der Waals surface area contributed by atoms with Crippen molar-refractivity contribution in [3.8, 4) is 55.6 Å². The Morgan fingerprint density at radius 3 is 1.08 bits per heavy atom. The van der Waals surface area contributed by atoms with Gasteiger partial charge in [-0.3, -0.25) is 0 Å². The summed E-state index contributed by atoms with van der Waals surface area (Å²) in [5, 5.41) is 0. The Morgan fingerprint density at radius 2 is 0.647 bits per heavy atom. The standard InChI is InChI=1S/C83H78BN/c1-79(2,3)65-45-60(46-66(53-65)80(4,5)6)58-41-43-73-71(49-58)83(63-35-24-16-25-36-63,64-37-26-17-27-38-64)72-50-62(55-29-18-13-19-30-55)52-76-77(72)84(73)74-44-42-59(61-47-67(81(7,8)9)54-68(48-61)82(10,11)12)51-75(74)85(76)78-69(56-31-20-14-21-32-56)39-28-40-70(78)57-33-22-15-23-34-57/h13-54H,1-12H3. The molecule has 0 aromatic heterocycles. The number of hydrogen-bond acceptors (Lipinski definition) is 1. The Balaban J connectivity index is 1.23. The third-order valence-corrected chi connectivity index (χ3v) is 18.4. The van der Waals surface area contributed by atoms with Crippen molar-refractivity contribution in [2.45, 2.75) is 110 Å². The Bertz CT molecular complexity index is 4140. The second kappa shape index (κ2) is 20.8. The Labute approximate surface area is 507 Å². The number of nitrogens with zero attached hydrogens (tertiary/aromatic N) is 1. The Hall–Kier alpha value is -8.72. The summed E-state index contributed by atoms with van der Waals surface area (Å²) in [6, 6.07) is 98.0. The van der Waals surface area contributed by atoms with Crippen LogP contribution < -0.4 is 21.3 Å². The maximum Gasteiger partial charge on any atom is 0.247 e. The lowest BCUT2D eigenvalue weighted by Gasteiger charge is -2.49. The lowest BCUT2D eigenvalue weighted by Crippen LogP contribution is -2.65. The molecule has 13 rings (SSSR count). The molecule has 2 aliphatic rings. The summed E-state index contributed by atoms with van der Waals surface area (Å²) < 4.78 is 0. The zero-order chi connectivity index (χ0) is 59.2. The first-order valence-corrected chi connectivity index (χ1v) is 30.7. The van der Waals surface area contributed by atoms with Crippen molar-refractivity contribution in [3.63, 3.8) is 0 Å². The minimum absolute atomic E-state index is 0.0519. The van der Waals surface area contributed by atoms with Gasteiger partial charge in [-0.2, -0.15) is 0 Å². The molecule has 0 N–H and O–H groups in total. The van der Waals surface area contributed by atoms with E-state index in [2.05, 4.69) is 343 Å². The van der Waals surface area contributed by atoms with Gasteiger partial charge in [0.05, 0.1) is 11.1 Å². The van der Waals surface area contributed by atoms with E-state index in [-0.39, 0.29) is 28.4 Å². The molecule has 0 atom stereocenters. The van der Waals surface area contributed by atoms with Crippen LogP contribution in [-0.2, 0) is 27.1 Å². The van der Waals surface area contributed by atoms with E-state index in [4.69, 9.17) is 0 Å². The molecule has 0 fully saturated rings. The van der Waals surface area contributed by atoms with Crippen LogP contribution in [0.2, 0.25) is 0 Å². The molecule has 0 unspecified atom stereocenters. The number of anilines is 3. The molecule has 0 saturated heterocycles. The minimum atomic E-state index is -0.769. The van der Waals surface area contributed by atoms with Crippen molar-refractivity contribution in [1.82, 2.24) is 0 Å². The lowest BCUT2D eigenvalue weighted by molar-refractivity contribution is 0.568. The molecule has 2 heteroatoms. The topological polar surface area (TPSA) is 3.24 Å². The van der Waals surface area contributed by atoms with Crippen molar-refractivity contribution < 1.29 is 0 Å². The van der Waals surface area contributed by atoms with Crippen molar-refractivity contribution in [1.29, 1.82) is 0 Å². The van der Waals surface area contributed by atoms with Gasteiger partial charge in [-0.15, -0.1) is 0 Å². The highest BCUT2D eigenvalue weighted by Gasteiger charge is 2.52. The molecule has 2 heterocycles. The SMILES string of the molecule is CC(C)(C)c1cc(-c2ccc3c(c2)N(c2c(-c4ccccc4)cccc2-c2ccccc2)c2cc(-c4ccccc4)cc4c2B3c2ccc(-c3cc(C(C)(C)C)cc(C(C)(C)C)c3)cc2C4(c2ccccc2)c2ccccc2)cc(C(C)(C)C)c1. The first kappa shape index (κ1) is 55.5. The summed E-state index contributed by atoms with van der Waals surface area (Å²) in [6.45, 7) is 28.0. The normalized spacial score (nSPS) is 13.7. The van der Waals surface area contributed by atoms with Crippen LogP contribution in [0.3, 0.4) is 0 Å². The van der Waals surface area contributed by atoms with Crippen LogP contribution in [0.25, 0.3) is 55.6 Å². The van der Waals surface area contributed by atoms with E-state index >= 15 is 0 Å². The van der Waals surface area contributed by atoms with Crippen LogP contribution in [0.15, 0.2) is 255 Å². The fourth-order valence-electron chi connectivity index (χ4n) is 13.7. The highest BCUT2D eigenvalue weighted by molar-refractivity contribution is 6.99. The van der Waals surface area contributed by atoms with Crippen molar-refractivity contribution >= 4 is 40.2 Å². The van der Waals surface area contributed by atoms with E-state index in [9.17, 15) is 0 Å². The Morgan fingerprint density at radius 1 is 0.282 bits per heavy atom. The molecule has 0 amide bonds. The summed E-state index contributed by atoms with van der Waals surface area (Å²) in [5.74, 6) is 0. The molecule has 1 nitrogen and oxygen atoms in total. The summed E-state index contributed by atoms with van der Waals surface area (Å²) in [4.78, 5) is 2.70. The molecule has 0 radical (unpaired) electrons. The quantitative estimate of drug-likeness (QED) is 0.137. The van der Waals surface area contributed by atoms with Crippen molar-refractivity contribution in [2.75, 3.05) is 4.90 Å². The Kier molecular flexibility index (Phi) is 13.6. The lowest BCUT2D eigenvalue weighted by atomic mass is 9.29. The number of fused-ring (bicyclic) bond motifs is 4. The van der Waals surface area contributed by atoms with Gasteiger partial charge >= 0.3 is 0 Å². The molecule has 11 aromatic rings. The largest absolute Gasteiger partial charge is 0.310 e. The molecule has 0 bridgehead atoms. The van der Waals surface area contributed by atoms with Gasteiger partial charge in [0, 0.05) is 22.5 Å². The zero-order valence-corrected chi connectivity index (χ0v) is 51.8. The summed E-state index contributed by atoms with van der Waals surface area (Å²) in [7, 11) is 0. The highest BCUT2D eigenvalue weighted by Crippen LogP contribution is 2.54. The third-order valence-electron chi connectivity index (χ3n) is 18.4. The van der Waals surface area contributed by atoms with Crippen LogP contribution in [0.4, 0.5) is 17.1 Å². The molecule has 0 aliphatic carbocycles. The fraction of sp³-hybridized carbons (Fsp3) is 0.205. The number of benzene rings is 11. The van der Waals surface area contributed by atoms with E-state index in [1.54, 1.807) is 0 Å². The summed E-state index contributed by atoms with van der Waals surface area (Å²) in [5.41, 5.74) is 28.8. The summed E-state index contributed by atoms with van der Waals surface area (Å²) >= 11 is 0. The average Bonchev–Trinajstić information content (AvgIpc) is 0.715. The van der Waals surface area contributed by atoms with E-state index in [1.807, 2.05) is 0 Å². The second-order valence-electron chi connectivity index (χ2n) is 28.2. The summed E-state index contributed by atoms with van der Waals surface area (Å²) in [6.07, 6.45) is 0. The van der Waals surface area contributed by atoms with Crippen LogP contribution in [0.1, 0.15) is 128 Å². The maximum atomic E-state index is 2.70. The van der Waals surface area contributed by atoms with Crippen LogP contribution in [0.5, 0.6) is 0 Å². The maximum absolute atomic E-state index is 2.70. The molecule has 0 saturated carbocycles. The van der Waals surface area contributed by atoms with Gasteiger partial charge in [-0.05, 0) is 140 Å². The molecule has 0 spiro atoms.